The molecule has 3 N–H and O–H groups in total. The topological polar surface area (TPSA) is 80.9 Å². The first-order valence-corrected chi connectivity index (χ1v) is 5.63. The van der Waals surface area contributed by atoms with E-state index >= 15 is 0 Å². The van der Waals surface area contributed by atoms with E-state index in [2.05, 4.69) is 15.3 Å². The van der Waals surface area contributed by atoms with E-state index in [0.29, 0.717) is 22.2 Å². The highest BCUT2D eigenvalue weighted by molar-refractivity contribution is 6.29. The van der Waals surface area contributed by atoms with Crippen LogP contribution in [0.4, 0.5) is 11.4 Å². The zero-order valence-corrected chi connectivity index (χ0v) is 10.2. The summed E-state index contributed by atoms with van der Waals surface area (Å²) in [6.07, 6.45) is 3.23. The highest BCUT2D eigenvalue weighted by Crippen LogP contribution is 2.12. The molecule has 1 amide bonds. The predicted octanol–water partition coefficient (Wildman–Crippen LogP) is 1.89. The summed E-state index contributed by atoms with van der Waals surface area (Å²) in [6, 6.07) is 6.67. The molecule has 0 radical (unpaired) electrons. The number of nitrogens with zero attached hydrogens (tertiary/aromatic N) is 2. The average Bonchev–Trinajstić information content (AvgIpc) is 2.32. The van der Waals surface area contributed by atoms with Gasteiger partial charge in [0.2, 0.25) is 5.91 Å². The van der Waals surface area contributed by atoms with Gasteiger partial charge >= 0.3 is 0 Å². The molecule has 5 nitrogen and oxygen atoms in total. The highest BCUT2D eigenvalue weighted by Gasteiger charge is 2.05. The molecule has 0 atom stereocenters. The van der Waals surface area contributed by atoms with E-state index in [9.17, 15) is 4.79 Å². The number of rotatable bonds is 3. The fraction of sp³-hybridized carbons (Fsp3) is 0.0833. The van der Waals surface area contributed by atoms with E-state index in [0.717, 1.165) is 0 Å². The largest absolute Gasteiger partial charge is 0.397 e. The predicted molar refractivity (Wildman–Crippen MR) is 70.2 cm³/mol. The molecule has 0 spiro atoms. The lowest BCUT2D eigenvalue weighted by Gasteiger charge is -2.05. The summed E-state index contributed by atoms with van der Waals surface area (Å²) in [5, 5.41) is 3.04. The number of pyridine rings is 2. The van der Waals surface area contributed by atoms with Crippen LogP contribution in [0.1, 0.15) is 5.69 Å². The molecule has 6 heteroatoms. The Balaban J connectivity index is 1.98. The average molecular weight is 263 g/mol. The van der Waals surface area contributed by atoms with E-state index in [1.165, 1.54) is 12.4 Å². The molecule has 0 aromatic carbocycles. The normalized spacial score (nSPS) is 10.1. The Labute approximate surface area is 109 Å². The summed E-state index contributed by atoms with van der Waals surface area (Å²) in [5.74, 6) is -0.172. The molecule has 2 aromatic heterocycles. The zero-order chi connectivity index (χ0) is 13.0. The van der Waals surface area contributed by atoms with Crippen molar-refractivity contribution in [1.29, 1.82) is 0 Å². The first-order chi connectivity index (χ1) is 8.63. The van der Waals surface area contributed by atoms with Crippen LogP contribution >= 0.6 is 11.6 Å². The quantitative estimate of drug-likeness (QED) is 0.828. The summed E-state index contributed by atoms with van der Waals surface area (Å²) in [4.78, 5) is 19.6. The van der Waals surface area contributed by atoms with Gasteiger partial charge in [0.1, 0.15) is 5.15 Å². The van der Waals surface area contributed by atoms with Crippen molar-refractivity contribution in [3.05, 3.63) is 47.5 Å². The summed E-state index contributed by atoms with van der Waals surface area (Å²) >= 11 is 5.72. The minimum atomic E-state index is -0.172. The van der Waals surface area contributed by atoms with Crippen LogP contribution in [-0.4, -0.2) is 15.9 Å². The summed E-state index contributed by atoms with van der Waals surface area (Å²) in [7, 11) is 0. The van der Waals surface area contributed by atoms with Gasteiger partial charge in [-0.2, -0.15) is 0 Å². The molecule has 0 aliphatic rings. The van der Waals surface area contributed by atoms with Gasteiger partial charge in [0.05, 0.1) is 18.3 Å². The number of nitrogen functional groups attached to an aromatic ring is 1. The molecule has 0 aliphatic carbocycles. The maximum absolute atomic E-state index is 11.7. The van der Waals surface area contributed by atoms with Crippen molar-refractivity contribution < 1.29 is 4.79 Å². The van der Waals surface area contributed by atoms with Gasteiger partial charge < -0.3 is 11.1 Å². The Kier molecular flexibility index (Phi) is 3.74. The molecule has 0 saturated carbocycles. The minimum absolute atomic E-state index is 0.172. The number of amides is 1. The number of hydrogen-bond acceptors (Lipinski definition) is 4. The van der Waals surface area contributed by atoms with Crippen molar-refractivity contribution in [3.63, 3.8) is 0 Å². The van der Waals surface area contributed by atoms with E-state index in [1.807, 2.05) is 0 Å². The van der Waals surface area contributed by atoms with Crippen molar-refractivity contribution in [2.45, 2.75) is 6.42 Å². The number of carbonyl (C=O) groups is 1. The van der Waals surface area contributed by atoms with Crippen LogP contribution in [0.5, 0.6) is 0 Å². The van der Waals surface area contributed by atoms with E-state index in [-0.39, 0.29) is 12.3 Å². The Bertz CT molecular complexity index is 556. The van der Waals surface area contributed by atoms with E-state index in [4.69, 9.17) is 17.3 Å². The zero-order valence-electron chi connectivity index (χ0n) is 9.43. The number of halogens is 1. The van der Waals surface area contributed by atoms with Crippen molar-refractivity contribution in [2.75, 3.05) is 11.1 Å². The van der Waals surface area contributed by atoms with E-state index < -0.39 is 0 Å². The molecule has 0 unspecified atom stereocenters. The number of aromatic nitrogens is 2. The second-order valence-electron chi connectivity index (χ2n) is 3.68. The Morgan fingerprint density at radius 2 is 2.17 bits per heavy atom. The van der Waals surface area contributed by atoms with Crippen LogP contribution in [0.25, 0.3) is 0 Å². The second-order valence-corrected chi connectivity index (χ2v) is 4.06. The van der Waals surface area contributed by atoms with Crippen LogP contribution in [-0.2, 0) is 11.2 Å². The van der Waals surface area contributed by atoms with Crippen LogP contribution in [0, 0.1) is 0 Å². The van der Waals surface area contributed by atoms with Gasteiger partial charge in [-0.15, -0.1) is 0 Å². The van der Waals surface area contributed by atoms with Crippen molar-refractivity contribution in [1.82, 2.24) is 9.97 Å². The number of nitrogens with two attached hydrogens (primary N) is 1. The van der Waals surface area contributed by atoms with Gasteiger partial charge in [0.25, 0.3) is 0 Å². The summed E-state index contributed by atoms with van der Waals surface area (Å²) in [5.41, 5.74) is 7.34. The van der Waals surface area contributed by atoms with Crippen molar-refractivity contribution in [2.24, 2.45) is 0 Å². The molecule has 2 aromatic rings. The number of carbonyl (C=O) groups excluding carboxylic acids is 1. The molecule has 92 valence electrons. The van der Waals surface area contributed by atoms with E-state index in [1.54, 1.807) is 24.3 Å². The number of hydrogen-bond donors (Lipinski definition) is 2. The highest BCUT2D eigenvalue weighted by atomic mass is 35.5. The van der Waals surface area contributed by atoms with Crippen molar-refractivity contribution in [3.8, 4) is 0 Å². The summed E-state index contributed by atoms with van der Waals surface area (Å²) < 4.78 is 0. The Hall–Kier alpha value is -2.14. The molecule has 0 saturated heterocycles. The SMILES string of the molecule is Nc1ccc(CC(=O)Nc2ccnc(Cl)c2)nc1. The molecule has 2 heterocycles. The fourth-order valence-corrected chi connectivity index (χ4v) is 1.56. The van der Waals surface area contributed by atoms with Crippen LogP contribution < -0.4 is 11.1 Å². The maximum atomic E-state index is 11.7. The maximum Gasteiger partial charge on any atom is 0.230 e. The number of nitrogens with one attached hydrogen (secondary N) is 1. The second kappa shape index (κ2) is 5.46. The fourth-order valence-electron chi connectivity index (χ4n) is 1.39. The molecule has 0 aliphatic heterocycles. The van der Waals surface area contributed by atoms with Gasteiger partial charge in [-0.05, 0) is 24.3 Å². The van der Waals surface area contributed by atoms with Crippen LogP contribution in [0.3, 0.4) is 0 Å². The smallest absolute Gasteiger partial charge is 0.230 e. The van der Waals surface area contributed by atoms with Gasteiger partial charge in [-0.1, -0.05) is 11.6 Å². The Morgan fingerprint density at radius 3 is 2.83 bits per heavy atom. The molecule has 18 heavy (non-hydrogen) atoms. The van der Waals surface area contributed by atoms with Gasteiger partial charge in [-0.3, -0.25) is 9.78 Å². The van der Waals surface area contributed by atoms with Gasteiger partial charge in [-0.25, -0.2) is 4.98 Å². The molecule has 0 bridgehead atoms. The standard InChI is InChI=1S/C12H11ClN4O/c13-11-5-10(3-4-15-11)17-12(18)6-9-2-1-8(14)7-16-9/h1-5,7H,6,14H2,(H,15,17,18). The minimum Gasteiger partial charge on any atom is -0.397 e. The molecule has 0 fully saturated rings. The van der Waals surface area contributed by atoms with Gasteiger partial charge in [0, 0.05) is 17.6 Å². The summed E-state index contributed by atoms with van der Waals surface area (Å²) in [6.45, 7) is 0. The molecular formula is C12H11ClN4O. The van der Waals surface area contributed by atoms with Crippen molar-refractivity contribution >= 4 is 28.9 Å². The third kappa shape index (κ3) is 3.43. The third-order valence-electron chi connectivity index (χ3n) is 2.20. The third-order valence-corrected chi connectivity index (χ3v) is 2.41. The first-order valence-electron chi connectivity index (χ1n) is 5.25. The van der Waals surface area contributed by atoms with Crippen LogP contribution in [0.2, 0.25) is 5.15 Å². The Morgan fingerprint density at radius 1 is 1.33 bits per heavy atom. The molecule has 2 rings (SSSR count). The van der Waals surface area contributed by atoms with Gasteiger partial charge in [0.15, 0.2) is 0 Å². The monoisotopic (exact) mass is 262 g/mol. The first kappa shape index (κ1) is 12.3. The molecular weight excluding hydrogens is 252 g/mol. The lowest BCUT2D eigenvalue weighted by atomic mass is 10.2. The lowest BCUT2D eigenvalue weighted by Crippen LogP contribution is -2.15. The number of anilines is 2. The van der Waals surface area contributed by atoms with Crippen LogP contribution in [0.15, 0.2) is 36.7 Å². The lowest BCUT2D eigenvalue weighted by molar-refractivity contribution is -0.115.